The molecule has 0 unspecified atom stereocenters. The minimum atomic E-state index is -0.473. The van der Waals surface area contributed by atoms with Crippen molar-refractivity contribution in [2.24, 2.45) is 0 Å². The molecule has 0 amide bonds. The van der Waals surface area contributed by atoms with Crippen LogP contribution in [-0.2, 0) is 0 Å². The fraction of sp³-hybridized carbons (Fsp3) is 0.593. The summed E-state index contributed by atoms with van der Waals surface area (Å²) >= 11 is 0. The molecule has 0 aliphatic rings. The Balaban J connectivity index is 1.88. The maximum absolute atomic E-state index is 14.3. The molecule has 0 saturated carbocycles. The third kappa shape index (κ3) is 19.7. The second-order valence-electron chi connectivity index (χ2n) is 16.8. The molecule has 0 fully saturated rings. The average molecular weight is 855 g/mol. The first-order valence-corrected chi connectivity index (χ1v) is 24.4. The lowest BCUT2D eigenvalue weighted by Crippen LogP contribution is -2.13. The van der Waals surface area contributed by atoms with E-state index in [1.807, 2.05) is 0 Å². The van der Waals surface area contributed by atoms with Crippen molar-refractivity contribution in [3.63, 3.8) is 0 Å². The van der Waals surface area contributed by atoms with E-state index in [4.69, 9.17) is 18.9 Å². The molecule has 8 heteroatoms. The minimum absolute atomic E-state index is 0.00641. The van der Waals surface area contributed by atoms with E-state index >= 15 is 0 Å². The van der Waals surface area contributed by atoms with E-state index in [1.54, 1.807) is 36.4 Å². The molecule has 3 aromatic carbocycles. The fourth-order valence-corrected chi connectivity index (χ4v) is 7.56. The largest absolute Gasteiger partial charge is 0.493 e. The van der Waals surface area contributed by atoms with Gasteiger partial charge in [0.15, 0.2) is 24.1 Å². The van der Waals surface area contributed by atoms with Crippen LogP contribution in [0.5, 0.6) is 23.0 Å². The number of carbonyl (C=O) groups is 4. The van der Waals surface area contributed by atoms with E-state index in [-0.39, 0.29) is 33.4 Å². The molecule has 0 spiro atoms. The molecule has 3 aromatic rings. The monoisotopic (exact) mass is 855 g/mol. The maximum Gasteiger partial charge on any atom is 0.194 e. The lowest BCUT2D eigenvalue weighted by molar-refractivity contribution is 0.101. The normalized spacial score (nSPS) is 11.0. The Morgan fingerprint density at radius 3 is 0.839 bits per heavy atom. The number of carbonyl (C=O) groups excluding carboxylic acids is 4. The van der Waals surface area contributed by atoms with Gasteiger partial charge < -0.3 is 18.9 Å². The Hall–Kier alpha value is -4.46. The van der Waals surface area contributed by atoms with Crippen LogP contribution in [0.1, 0.15) is 234 Å². The minimum Gasteiger partial charge on any atom is -0.493 e. The summed E-state index contributed by atoms with van der Waals surface area (Å²) in [7, 11) is 0. The fourth-order valence-electron chi connectivity index (χ4n) is 7.56. The zero-order valence-electron chi connectivity index (χ0n) is 38.8. The summed E-state index contributed by atoms with van der Waals surface area (Å²) in [6.45, 7) is 10.8. The molecular formula is C54H78O8. The summed E-state index contributed by atoms with van der Waals surface area (Å²) in [6, 6.07) is 13.0. The predicted octanol–water partition coefficient (Wildman–Crippen LogP) is 14.7. The van der Waals surface area contributed by atoms with E-state index in [1.165, 1.54) is 89.2 Å². The van der Waals surface area contributed by atoms with Gasteiger partial charge >= 0.3 is 0 Å². The first-order chi connectivity index (χ1) is 30.4. The number of hydrogen-bond donors (Lipinski definition) is 0. The van der Waals surface area contributed by atoms with Crippen LogP contribution >= 0.6 is 0 Å². The Morgan fingerprint density at radius 1 is 0.355 bits per heavy atom. The highest BCUT2D eigenvalue weighted by molar-refractivity contribution is 6.18. The molecule has 0 N–H and O–H groups in total. The third-order valence-corrected chi connectivity index (χ3v) is 11.3. The number of hydrogen-bond acceptors (Lipinski definition) is 8. The topological polar surface area (TPSA) is 105 Å². The summed E-state index contributed by atoms with van der Waals surface area (Å²) in [6.07, 6.45) is 28.0. The molecule has 342 valence electrons. The van der Waals surface area contributed by atoms with Crippen LogP contribution in [0, 0.1) is 0 Å². The highest BCUT2D eigenvalue weighted by Gasteiger charge is 2.23. The Bertz CT molecular complexity index is 1550. The van der Waals surface area contributed by atoms with Gasteiger partial charge in [-0.3, -0.25) is 19.2 Å². The zero-order valence-corrected chi connectivity index (χ0v) is 38.8. The smallest absolute Gasteiger partial charge is 0.194 e. The van der Waals surface area contributed by atoms with E-state index in [0.29, 0.717) is 62.0 Å². The van der Waals surface area contributed by atoms with Gasteiger partial charge in [0.2, 0.25) is 0 Å². The molecule has 0 aliphatic heterocycles. The van der Waals surface area contributed by atoms with Gasteiger partial charge in [-0.25, -0.2) is 0 Å². The number of ketones is 2. The van der Waals surface area contributed by atoms with Crippen LogP contribution in [0.15, 0.2) is 48.5 Å². The third-order valence-electron chi connectivity index (χ3n) is 11.3. The maximum atomic E-state index is 14.3. The first-order valence-electron chi connectivity index (χ1n) is 24.4. The van der Waals surface area contributed by atoms with E-state index < -0.39 is 11.6 Å². The molecule has 0 heterocycles. The molecule has 0 bridgehead atoms. The van der Waals surface area contributed by atoms with Crippen LogP contribution in [0.4, 0.5) is 0 Å². The summed E-state index contributed by atoms with van der Waals surface area (Å²) in [4.78, 5) is 53.9. The number of benzene rings is 3. The van der Waals surface area contributed by atoms with Gasteiger partial charge in [0.05, 0.1) is 26.4 Å². The lowest BCUT2D eigenvalue weighted by Gasteiger charge is -2.15. The Morgan fingerprint density at radius 2 is 0.597 bits per heavy atom. The number of unbranched alkanes of at least 4 members (excludes halogenated alkanes) is 20. The second kappa shape index (κ2) is 32.2. The quantitative estimate of drug-likeness (QED) is 0.0319. The van der Waals surface area contributed by atoms with Crippen molar-refractivity contribution in [3.8, 4) is 23.0 Å². The van der Waals surface area contributed by atoms with Crippen molar-refractivity contribution in [1.82, 2.24) is 0 Å². The van der Waals surface area contributed by atoms with Crippen molar-refractivity contribution in [2.45, 2.75) is 182 Å². The van der Waals surface area contributed by atoms with Gasteiger partial charge in [0.1, 0.15) is 23.0 Å². The SMILES string of the molecule is CCCCCCCCOc1cc(OCCCCCCCC)cc(C(=O)c2cc(C=O)c(C(=O)c3cc(OCCCCCCCC)cc(OCCCCCCCC)c3)cc2C=O)c1. The van der Waals surface area contributed by atoms with Gasteiger partial charge in [-0.1, -0.05) is 156 Å². The number of ether oxygens (including phenoxy) is 4. The molecule has 0 aromatic heterocycles. The summed E-state index contributed by atoms with van der Waals surface area (Å²) in [5, 5.41) is 0. The Kier molecular flexibility index (Phi) is 27.0. The number of rotatable bonds is 38. The average Bonchev–Trinajstić information content (AvgIpc) is 3.29. The lowest BCUT2D eigenvalue weighted by atomic mass is 9.90. The molecule has 0 radical (unpaired) electrons. The van der Waals surface area contributed by atoms with Crippen molar-refractivity contribution < 1.29 is 38.1 Å². The van der Waals surface area contributed by atoms with Crippen molar-refractivity contribution in [1.29, 1.82) is 0 Å². The van der Waals surface area contributed by atoms with Crippen LogP contribution in [0.25, 0.3) is 0 Å². The molecule has 0 saturated heterocycles. The van der Waals surface area contributed by atoms with Crippen molar-refractivity contribution >= 4 is 24.1 Å². The molecule has 62 heavy (non-hydrogen) atoms. The van der Waals surface area contributed by atoms with E-state index in [0.717, 1.165) is 77.0 Å². The van der Waals surface area contributed by atoms with E-state index in [2.05, 4.69) is 27.7 Å². The highest BCUT2D eigenvalue weighted by Crippen LogP contribution is 2.30. The van der Waals surface area contributed by atoms with Crippen LogP contribution in [0.2, 0.25) is 0 Å². The van der Waals surface area contributed by atoms with Gasteiger partial charge in [-0.2, -0.15) is 0 Å². The molecule has 0 aliphatic carbocycles. The van der Waals surface area contributed by atoms with E-state index in [9.17, 15) is 19.2 Å². The Labute approximate surface area is 374 Å². The van der Waals surface area contributed by atoms with Gasteiger partial charge in [0.25, 0.3) is 0 Å². The summed E-state index contributed by atoms with van der Waals surface area (Å²) in [5.41, 5.74) is 0.591. The zero-order chi connectivity index (χ0) is 44.6. The van der Waals surface area contributed by atoms with Crippen molar-refractivity contribution in [2.75, 3.05) is 26.4 Å². The molecule has 8 nitrogen and oxygen atoms in total. The second-order valence-corrected chi connectivity index (χ2v) is 16.8. The van der Waals surface area contributed by atoms with Gasteiger partial charge in [0, 0.05) is 45.5 Å². The van der Waals surface area contributed by atoms with Crippen LogP contribution in [0.3, 0.4) is 0 Å². The standard InChI is InChI=1S/C54H78O8/c1-5-9-13-17-21-25-29-59-47-33-43(34-48(39-47)60-30-26-22-18-14-10-6-2)53(57)51-37-46(42-56)52(38-45(51)41-55)54(58)44-35-49(61-31-27-23-19-15-11-7-3)40-50(36-44)62-32-28-24-20-16-12-8-4/h33-42H,5-32H2,1-4H3. The molecular weight excluding hydrogens is 777 g/mol. The van der Waals surface area contributed by atoms with Crippen LogP contribution in [-0.4, -0.2) is 50.6 Å². The molecule has 0 atom stereocenters. The first kappa shape index (κ1) is 51.9. The molecule has 3 rings (SSSR count). The highest BCUT2D eigenvalue weighted by atomic mass is 16.5. The summed E-state index contributed by atoms with van der Waals surface area (Å²) < 4.78 is 24.6. The van der Waals surface area contributed by atoms with Crippen LogP contribution < -0.4 is 18.9 Å². The van der Waals surface area contributed by atoms with Crippen molar-refractivity contribution in [3.05, 3.63) is 81.9 Å². The predicted molar refractivity (Wildman–Crippen MR) is 252 cm³/mol. The van der Waals surface area contributed by atoms with Gasteiger partial charge in [-0.05, 0) is 62.1 Å². The number of aldehydes is 2. The van der Waals surface area contributed by atoms with Gasteiger partial charge in [-0.15, -0.1) is 0 Å². The summed E-state index contributed by atoms with van der Waals surface area (Å²) in [5.74, 6) is 1.07.